The van der Waals surface area contributed by atoms with Crippen molar-refractivity contribution in [2.75, 3.05) is 31.1 Å². The lowest BCUT2D eigenvalue weighted by Gasteiger charge is -2.35. The molecule has 2 rings (SSSR count). The van der Waals surface area contributed by atoms with Gasteiger partial charge in [-0.1, -0.05) is 11.6 Å². The summed E-state index contributed by atoms with van der Waals surface area (Å²) in [6.07, 6.45) is -3.68. The molecule has 9 heteroatoms. The molecule has 1 saturated heterocycles. The number of hydrogen-bond donors (Lipinski definition) is 2. The number of piperazine rings is 1. The zero-order valence-corrected chi connectivity index (χ0v) is 11.2. The number of anilines is 1. The number of alkyl halides is 3. The van der Waals surface area contributed by atoms with Crippen LogP contribution in [0.2, 0.25) is 5.02 Å². The largest absolute Gasteiger partial charge is 0.417 e. The number of guanidine groups is 1. The highest BCUT2D eigenvalue weighted by atomic mass is 35.5. The molecule has 0 amide bonds. The molecule has 1 aliphatic rings. The molecule has 0 bridgehead atoms. The van der Waals surface area contributed by atoms with Crippen LogP contribution in [0.3, 0.4) is 0 Å². The molecule has 0 spiro atoms. The Morgan fingerprint density at radius 1 is 1.30 bits per heavy atom. The van der Waals surface area contributed by atoms with E-state index in [2.05, 4.69) is 4.98 Å². The standard InChI is InChI=1S/C11H13ClF3N5/c12-8-5-7(11(13,14)15)6-18-9(8)19-1-3-20(4-2-19)10(16)17/h5-6H,1-4H2,(H3,16,17). The number of pyridine rings is 1. The minimum atomic E-state index is -4.46. The Labute approximate surface area is 118 Å². The lowest BCUT2D eigenvalue weighted by atomic mass is 10.2. The zero-order valence-electron chi connectivity index (χ0n) is 10.4. The zero-order chi connectivity index (χ0) is 14.9. The van der Waals surface area contributed by atoms with Crippen LogP contribution in [0.4, 0.5) is 19.0 Å². The summed E-state index contributed by atoms with van der Waals surface area (Å²) in [4.78, 5) is 7.26. The molecule has 1 aromatic rings. The minimum absolute atomic E-state index is 0.0175. The first-order valence-corrected chi connectivity index (χ1v) is 6.23. The molecule has 20 heavy (non-hydrogen) atoms. The number of halogens is 4. The molecule has 1 aliphatic heterocycles. The summed E-state index contributed by atoms with van der Waals surface area (Å²) >= 11 is 5.88. The maximum absolute atomic E-state index is 12.5. The van der Waals surface area contributed by atoms with Gasteiger partial charge in [-0.05, 0) is 6.07 Å². The first-order valence-electron chi connectivity index (χ1n) is 5.85. The van der Waals surface area contributed by atoms with E-state index >= 15 is 0 Å². The van der Waals surface area contributed by atoms with Crippen molar-refractivity contribution in [3.05, 3.63) is 22.8 Å². The van der Waals surface area contributed by atoms with Gasteiger partial charge in [0.25, 0.3) is 0 Å². The Hall–Kier alpha value is -1.70. The van der Waals surface area contributed by atoms with E-state index < -0.39 is 11.7 Å². The molecule has 3 N–H and O–H groups in total. The Morgan fingerprint density at radius 2 is 1.90 bits per heavy atom. The molecule has 0 unspecified atom stereocenters. The summed E-state index contributed by atoms with van der Waals surface area (Å²) in [5.74, 6) is 0.305. The van der Waals surface area contributed by atoms with Gasteiger partial charge in [0.2, 0.25) is 0 Å². The Bertz CT molecular complexity index is 511. The average Bonchev–Trinajstić information content (AvgIpc) is 2.37. The lowest BCUT2D eigenvalue weighted by molar-refractivity contribution is -0.137. The van der Waals surface area contributed by atoms with Crippen LogP contribution < -0.4 is 10.6 Å². The lowest BCUT2D eigenvalue weighted by Crippen LogP contribution is -2.51. The second-order valence-electron chi connectivity index (χ2n) is 4.39. The molecule has 0 radical (unpaired) electrons. The second kappa shape index (κ2) is 5.35. The van der Waals surface area contributed by atoms with E-state index in [4.69, 9.17) is 22.7 Å². The van der Waals surface area contributed by atoms with Crippen molar-refractivity contribution >= 4 is 23.4 Å². The third-order valence-electron chi connectivity index (χ3n) is 3.07. The van der Waals surface area contributed by atoms with Gasteiger partial charge in [-0.15, -0.1) is 0 Å². The van der Waals surface area contributed by atoms with Gasteiger partial charge in [-0.3, -0.25) is 5.41 Å². The molecule has 0 aliphatic carbocycles. The van der Waals surface area contributed by atoms with Gasteiger partial charge >= 0.3 is 6.18 Å². The van der Waals surface area contributed by atoms with Gasteiger partial charge in [0.15, 0.2) is 5.96 Å². The fourth-order valence-electron chi connectivity index (χ4n) is 1.98. The molecular weight excluding hydrogens is 295 g/mol. The van der Waals surface area contributed by atoms with Crippen LogP contribution in [0.5, 0.6) is 0 Å². The van der Waals surface area contributed by atoms with Crippen LogP contribution in [0.15, 0.2) is 12.3 Å². The fourth-order valence-corrected chi connectivity index (χ4v) is 2.26. The third kappa shape index (κ3) is 3.06. The van der Waals surface area contributed by atoms with E-state index in [-0.39, 0.29) is 11.0 Å². The van der Waals surface area contributed by atoms with Gasteiger partial charge in [0, 0.05) is 32.4 Å². The maximum Gasteiger partial charge on any atom is 0.417 e. The number of nitrogens with zero attached hydrogens (tertiary/aromatic N) is 3. The van der Waals surface area contributed by atoms with E-state index in [1.807, 2.05) is 0 Å². The van der Waals surface area contributed by atoms with Gasteiger partial charge < -0.3 is 15.5 Å². The van der Waals surface area contributed by atoms with E-state index in [0.29, 0.717) is 32.0 Å². The van der Waals surface area contributed by atoms with Crippen LogP contribution in [0, 0.1) is 5.41 Å². The highest BCUT2D eigenvalue weighted by Crippen LogP contribution is 2.33. The fraction of sp³-hybridized carbons (Fsp3) is 0.455. The van der Waals surface area contributed by atoms with Gasteiger partial charge in [0.1, 0.15) is 5.82 Å². The van der Waals surface area contributed by atoms with Crippen LogP contribution in [-0.4, -0.2) is 42.0 Å². The van der Waals surface area contributed by atoms with Crippen molar-refractivity contribution in [2.24, 2.45) is 5.73 Å². The molecule has 1 fully saturated rings. The topological polar surface area (TPSA) is 69.2 Å². The smallest absolute Gasteiger partial charge is 0.370 e. The number of aromatic nitrogens is 1. The van der Waals surface area contributed by atoms with Gasteiger partial charge in [-0.25, -0.2) is 4.98 Å². The number of nitrogens with two attached hydrogens (primary N) is 1. The molecule has 5 nitrogen and oxygen atoms in total. The van der Waals surface area contributed by atoms with Crippen LogP contribution in [0.25, 0.3) is 0 Å². The van der Waals surface area contributed by atoms with Crippen LogP contribution in [-0.2, 0) is 6.18 Å². The van der Waals surface area contributed by atoms with Crippen molar-refractivity contribution in [1.29, 1.82) is 5.41 Å². The monoisotopic (exact) mass is 307 g/mol. The normalized spacial score (nSPS) is 16.4. The highest BCUT2D eigenvalue weighted by molar-refractivity contribution is 6.33. The number of rotatable bonds is 1. The van der Waals surface area contributed by atoms with E-state index in [0.717, 1.165) is 12.3 Å². The molecule has 0 saturated carbocycles. The van der Waals surface area contributed by atoms with Crippen LogP contribution in [0.1, 0.15) is 5.56 Å². The van der Waals surface area contributed by atoms with E-state index in [1.54, 1.807) is 9.80 Å². The summed E-state index contributed by atoms with van der Waals surface area (Å²) in [5.41, 5.74) is 4.51. The molecule has 0 atom stereocenters. The van der Waals surface area contributed by atoms with Crippen LogP contribution >= 0.6 is 11.6 Å². The SMILES string of the molecule is N=C(N)N1CCN(c2ncc(C(F)(F)F)cc2Cl)CC1. The summed E-state index contributed by atoms with van der Waals surface area (Å²) in [6.45, 7) is 2.01. The first kappa shape index (κ1) is 14.7. The van der Waals surface area contributed by atoms with Gasteiger partial charge in [-0.2, -0.15) is 13.2 Å². The molecule has 1 aromatic heterocycles. The second-order valence-corrected chi connectivity index (χ2v) is 4.79. The van der Waals surface area contributed by atoms with E-state index in [1.165, 1.54) is 0 Å². The minimum Gasteiger partial charge on any atom is -0.370 e. The van der Waals surface area contributed by atoms with Crippen molar-refractivity contribution < 1.29 is 13.2 Å². The molecule has 0 aromatic carbocycles. The van der Waals surface area contributed by atoms with Crippen molar-refractivity contribution in [3.8, 4) is 0 Å². The number of hydrogen-bond acceptors (Lipinski definition) is 3. The van der Waals surface area contributed by atoms with Crippen molar-refractivity contribution in [2.45, 2.75) is 6.18 Å². The summed E-state index contributed by atoms with van der Waals surface area (Å²) in [6, 6.07) is 0.876. The average molecular weight is 308 g/mol. The predicted octanol–water partition coefficient (Wildman–Crippen LogP) is 1.77. The Kier molecular flexibility index (Phi) is 3.94. The van der Waals surface area contributed by atoms with Crippen molar-refractivity contribution in [3.63, 3.8) is 0 Å². The predicted molar refractivity (Wildman–Crippen MR) is 69.9 cm³/mol. The summed E-state index contributed by atoms with van der Waals surface area (Å²) in [5, 5.41) is 7.29. The quantitative estimate of drug-likeness (QED) is 0.613. The molecular formula is C11H13ClF3N5. The highest BCUT2D eigenvalue weighted by Gasteiger charge is 2.32. The number of nitrogens with one attached hydrogen (secondary N) is 1. The Morgan fingerprint density at radius 3 is 2.35 bits per heavy atom. The molecule has 110 valence electrons. The molecule has 2 heterocycles. The van der Waals surface area contributed by atoms with Gasteiger partial charge in [0.05, 0.1) is 10.6 Å². The summed E-state index contributed by atoms with van der Waals surface area (Å²) in [7, 11) is 0. The first-order chi connectivity index (χ1) is 9.29. The Balaban J connectivity index is 2.13. The van der Waals surface area contributed by atoms with Crippen molar-refractivity contribution in [1.82, 2.24) is 9.88 Å². The third-order valence-corrected chi connectivity index (χ3v) is 3.35. The van der Waals surface area contributed by atoms with E-state index in [9.17, 15) is 13.2 Å². The maximum atomic E-state index is 12.5. The summed E-state index contributed by atoms with van der Waals surface area (Å²) < 4.78 is 37.6.